The normalized spacial score (nSPS) is 16.8. The molecule has 0 aliphatic carbocycles. The average Bonchev–Trinajstić information content (AvgIpc) is 3.08. The third kappa shape index (κ3) is 2.53. The van der Waals surface area contributed by atoms with Gasteiger partial charge in [-0.25, -0.2) is 4.98 Å². The zero-order chi connectivity index (χ0) is 13.9. The van der Waals surface area contributed by atoms with Gasteiger partial charge in [-0.15, -0.1) is 5.10 Å². The Labute approximate surface area is 117 Å². The van der Waals surface area contributed by atoms with Crippen LogP contribution in [-0.4, -0.2) is 46.8 Å². The van der Waals surface area contributed by atoms with Crippen molar-refractivity contribution >= 4 is 5.95 Å². The van der Waals surface area contributed by atoms with Gasteiger partial charge in [-0.05, 0) is 39.3 Å². The number of hydrogen-bond donors (Lipinski definition) is 2. The van der Waals surface area contributed by atoms with Crippen LogP contribution in [0.15, 0.2) is 10.8 Å². The van der Waals surface area contributed by atoms with Crippen LogP contribution in [0.1, 0.15) is 18.5 Å². The topological polar surface area (TPSA) is 82.9 Å². The standard InChI is InChI=1S/C13H20N6O/c1-9-11(20-8-15-9)12-16-13(18-17-12)19-5-3-10(4-6-19)7-14-2/h8,10,14H,3-7H2,1-2H3,(H,16,17,18). The molecule has 2 aromatic rings. The summed E-state index contributed by atoms with van der Waals surface area (Å²) in [5, 5.41) is 10.5. The Morgan fingerprint density at radius 1 is 1.45 bits per heavy atom. The summed E-state index contributed by atoms with van der Waals surface area (Å²) in [4.78, 5) is 10.8. The SMILES string of the molecule is CNCC1CCN(c2n[nH]c(-c3ocnc3C)n2)CC1. The van der Waals surface area contributed by atoms with Gasteiger partial charge in [0.25, 0.3) is 0 Å². The minimum atomic E-state index is 0.646. The highest BCUT2D eigenvalue weighted by atomic mass is 16.3. The van der Waals surface area contributed by atoms with Crippen LogP contribution in [0.5, 0.6) is 0 Å². The molecular formula is C13H20N6O. The largest absolute Gasteiger partial charge is 0.440 e. The molecule has 1 saturated heterocycles. The predicted molar refractivity (Wildman–Crippen MR) is 75.5 cm³/mol. The smallest absolute Gasteiger partial charge is 0.245 e. The molecule has 1 fully saturated rings. The molecule has 0 unspecified atom stereocenters. The number of aromatic amines is 1. The zero-order valence-electron chi connectivity index (χ0n) is 11.9. The van der Waals surface area contributed by atoms with Crippen molar-refractivity contribution in [3.05, 3.63) is 12.1 Å². The van der Waals surface area contributed by atoms with Crippen molar-refractivity contribution in [2.75, 3.05) is 31.6 Å². The minimum Gasteiger partial charge on any atom is -0.440 e. The first-order chi connectivity index (χ1) is 9.78. The van der Waals surface area contributed by atoms with Crippen molar-refractivity contribution < 1.29 is 4.42 Å². The van der Waals surface area contributed by atoms with Gasteiger partial charge in [0.1, 0.15) is 0 Å². The summed E-state index contributed by atoms with van der Waals surface area (Å²) in [5.41, 5.74) is 0.820. The van der Waals surface area contributed by atoms with E-state index in [-0.39, 0.29) is 0 Å². The first-order valence-electron chi connectivity index (χ1n) is 7.00. The number of H-pyrrole nitrogens is 1. The van der Waals surface area contributed by atoms with Crippen LogP contribution in [0.4, 0.5) is 5.95 Å². The molecule has 1 aliphatic rings. The van der Waals surface area contributed by atoms with Gasteiger partial charge in [0.15, 0.2) is 18.0 Å². The zero-order valence-corrected chi connectivity index (χ0v) is 11.9. The Kier molecular flexibility index (Phi) is 3.68. The quantitative estimate of drug-likeness (QED) is 0.873. The van der Waals surface area contributed by atoms with Crippen LogP contribution in [0, 0.1) is 12.8 Å². The Balaban J connectivity index is 1.68. The fraction of sp³-hybridized carbons (Fsp3) is 0.615. The van der Waals surface area contributed by atoms with Crippen LogP contribution in [-0.2, 0) is 0 Å². The molecule has 0 spiro atoms. The van der Waals surface area contributed by atoms with E-state index in [1.54, 1.807) is 0 Å². The molecule has 7 heteroatoms. The maximum Gasteiger partial charge on any atom is 0.245 e. The van der Waals surface area contributed by atoms with E-state index < -0.39 is 0 Å². The van der Waals surface area contributed by atoms with E-state index in [0.29, 0.717) is 11.6 Å². The minimum absolute atomic E-state index is 0.646. The van der Waals surface area contributed by atoms with Crippen molar-refractivity contribution in [3.63, 3.8) is 0 Å². The van der Waals surface area contributed by atoms with Crippen LogP contribution in [0.3, 0.4) is 0 Å². The van der Waals surface area contributed by atoms with Gasteiger partial charge in [0.05, 0.1) is 5.69 Å². The first-order valence-corrected chi connectivity index (χ1v) is 7.00. The summed E-state index contributed by atoms with van der Waals surface area (Å²) in [6.45, 7) is 4.98. The lowest BCUT2D eigenvalue weighted by atomic mass is 9.97. The second-order valence-electron chi connectivity index (χ2n) is 5.24. The predicted octanol–water partition coefficient (Wildman–Crippen LogP) is 1.20. The molecular weight excluding hydrogens is 256 g/mol. The molecule has 3 rings (SSSR count). The number of nitrogens with one attached hydrogen (secondary N) is 2. The Morgan fingerprint density at radius 3 is 2.90 bits per heavy atom. The van der Waals surface area contributed by atoms with Crippen LogP contribution in [0.25, 0.3) is 11.6 Å². The van der Waals surface area contributed by atoms with E-state index in [1.165, 1.54) is 19.2 Å². The number of aromatic nitrogens is 4. The second kappa shape index (κ2) is 5.62. The lowest BCUT2D eigenvalue weighted by molar-refractivity contribution is 0.391. The van der Waals surface area contributed by atoms with E-state index in [0.717, 1.165) is 37.2 Å². The second-order valence-corrected chi connectivity index (χ2v) is 5.24. The molecule has 0 radical (unpaired) electrons. The van der Waals surface area contributed by atoms with Crippen molar-refractivity contribution in [3.8, 4) is 11.6 Å². The summed E-state index contributed by atoms with van der Waals surface area (Å²) in [5.74, 6) is 2.81. The average molecular weight is 276 g/mol. The lowest BCUT2D eigenvalue weighted by Gasteiger charge is -2.30. The highest BCUT2D eigenvalue weighted by molar-refractivity contribution is 5.51. The van der Waals surface area contributed by atoms with Crippen molar-refractivity contribution in [2.24, 2.45) is 5.92 Å². The van der Waals surface area contributed by atoms with Crippen LogP contribution >= 0.6 is 0 Å². The molecule has 0 atom stereocenters. The third-order valence-corrected chi connectivity index (χ3v) is 3.82. The molecule has 0 amide bonds. The number of oxazole rings is 1. The van der Waals surface area contributed by atoms with E-state index >= 15 is 0 Å². The number of aryl methyl sites for hydroxylation is 1. The molecule has 7 nitrogen and oxygen atoms in total. The number of anilines is 1. The van der Waals surface area contributed by atoms with Crippen molar-refractivity contribution in [1.82, 2.24) is 25.5 Å². The molecule has 2 aromatic heterocycles. The van der Waals surface area contributed by atoms with Gasteiger partial charge in [0, 0.05) is 13.1 Å². The fourth-order valence-corrected chi connectivity index (χ4v) is 2.65. The summed E-state index contributed by atoms with van der Waals surface area (Å²) >= 11 is 0. The highest BCUT2D eigenvalue weighted by Gasteiger charge is 2.22. The van der Waals surface area contributed by atoms with Gasteiger partial charge in [-0.2, -0.15) is 4.98 Å². The fourth-order valence-electron chi connectivity index (χ4n) is 2.65. The molecule has 0 saturated carbocycles. The number of nitrogens with zero attached hydrogens (tertiary/aromatic N) is 4. The van der Waals surface area contributed by atoms with Gasteiger partial charge in [-0.3, -0.25) is 5.10 Å². The van der Waals surface area contributed by atoms with Gasteiger partial charge in [-0.1, -0.05) is 0 Å². The Hall–Kier alpha value is -1.89. The molecule has 0 aromatic carbocycles. The molecule has 20 heavy (non-hydrogen) atoms. The molecule has 1 aliphatic heterocycles. The number of hydrogen-bond acceptors (Lipinski definition) is 6. The third-order valence-electron chi connectivity index (χ3n) is 3.82. The van der Waals surface area contributed by atoms with Gasteiger partial charge in [0.2, 0.25) is 5.95 Å². The van der Waals surface area contributed by atoms with Crippen molar-refractivity contribution in [2.45, 2.75) is 19.8 Å². The van der Waals surface area contributed by atoms with E-state index in [4.69, 9.17) is 4.42 Å². The number of piperidine rings is 1. The van der Waals surface area contributed by atoms with E-state index in [1.807, 2.05) is 14.0 Å². The highest BCUT2D eigenvalue weighted by Crippen LogP contribution is 2.23. The Morgan fingerprint density at radius 2 is 2.25 bits per heavy atom. The van der Waals surface area contributed by atoms with Crippen LogP contribution in [0.2, 0.25) is 0 Å². The maximum absolute atomic E-state index is 5.33. The van der Waals surface area contributed by atoms with Crippen LogP contribution < -0.4 is 10.2 Å². The van der Waals surface area contributed by atoms with Crippen molar-refractivity contribution in [1.29, 1.82) is 0 Å². The molecule has 2 N–H and O–H groups in total. The van der Waals surface area contributed by atoms with E-state index in [2.05, 4.69) is 30.4 Å². The summed E-state index contributed by atoms with van der Waals surface area (Å²) < 4.78 is 5.33. The molecule has 3 heterocycles. The molecule has 108 valence electrons. The maximum atomic E-state index is 5.33. The van der Waals surface area contributed by atoms with Gasteiger partial charge < -0.3 is 14.6 Å². The monoisotopic (exact) mass is 276 g/mol. The first kappa shape index (κ1) is 13.1. The summed E-state index contributed by atoms with van der Waals surface area (Å²) in [7, 11) is 2.01. The Bertz CT molecular complexity index is 555. The summed E-state index contributed by atoms with van der Waals surface area (Å²) in [6.07, 6.45) is 3.77. The lowest BCUT2D eigenvalue weighted by Crippen LogP contribution is -2.37. The molecule has 0 bridgehead atoms. The summed E-state index contributed by atoms with van der Waals surface area (Å²) in [6, 6.07) is 0. The number of rotatable bonds is 4. The van der Waals surface area contributed by atoms with E-state index in [9.17, 15) is 0 Å². The van der Waals surface area contributed by atoms with Gasteiger partial charge >= 0.3 is 0 Å².